The van der Waals surface area contributed by atoms with Crippen LogP contribution in [0, 0.1) is 0 Å². The van der Waals surface area contributed by atoms with Crippen molar-refractivity contribution in [3.63, 3.8) is 0 Å². The number of halogens is 2. The maximum atomic E-state index is 11.5. The first-order chi connectivity index (χ1) is 8.04. The van der Waals surface area contributed by atoms with Crippen LogP contribution in [-0.4, -0.2) is 18.4 Å². The van der Waals surface area contributed by atoms with Gasteiger partial charge in [-0.15, -0.1) is 0 Å². The molecule has 0 aromatic heterocycles. The van der Waals surface area contributed by atoms with Crippen molar-refractivity contribution in [2.75, 3.05) is 11.9 Å². The van der Waals surface area contributed by atoms with Crippen molar-refractivity contribution in [2.45, 2.75) is 13.3 Å². The van der Waals surface area contributed by atoms with Crippen LogP contribution in [0.4, 0.5) is 5.69 Å². The first-order valence-electron chi connectivity index (χ1n) is 5.08. The summed E-state index contributed by atoms with van der Waals surface area (Å²) in [5.41, 5.74) is 0.316. The van der Waals surface area contributed by atoms with Gasteiger partial charge in [0.2, 0.25) is 0 Å². The molecule has 0 unspecified atom stereocenters. The average molecular weight is 275 g/mol. The van der Waals surface area contributed by atoms with Crippen molar-refractivity contribution in [3.05, 3.63) is 28.2 Å². The molecular formula is C11H12Cl2N2O2. The monoisotopic (exact) mass is 274 g/mol. The lowest BCUT2D eigenvalue weighted by Gasteiger charge is -2.07. The zero-order chi connectivity index (χ0) is 12.8. The van der Waals surface area contributed by atoms with Crippen LogP contribution in [-0.2, 0) is 9.59 Å². The van der Waals surface area contributed by atoms with E-state index in [0.717, 1.165) is 6.42 Å². The second kappa shape index (κ2) is 6.47. The fourth-order valence-electron chi connectivity index (χ4n) is 1.09. The van der Waals surface area contributed by atoms with Gasteiger partial charge in [0, 0.05) is 11.6 Å². The zero-order valence-electron chi connectivity index (χ0n) is 9.22. The van der Waals surface area contributed by atoms with Gasteiger partial charge in [-0.05, 0) is 24.6 Å². The summed E-state index contributed by atoms with van der Waals surface area (Å²) in [7, 11) is 0. The van der Waals surface area contributed by atoms with E-state index in [2.05, 4.69) is 10.6 Å². The van der Waals surface area contributed by atoms with E-state index in [1.165, 1.54) is 6.07 Å². The molecule has 1 rings (SSSR count). The van der Waals surface area contributed by atoms with Gasteiger partial charge in [0.15, 0.2) is 0 Å². The number of anilines is 1. The smallest absolute Gasteiger partial charge is 0.313 e. The Bertz CT molecular complexity index is 435. The molecule has 4 nitrogen and oxygen atoms in total. The summed E-state index contributed by atoms with van der Waals surface area (Å²) in [6.45, 7) is 2.35. The Morgan fingerprint density at radius 2 is 1.94 bits per heavy atom. The highest BCUT2D eigenvalue weighted by Crippen LogP contribution is 2.25. The summed E-state index contributed by atoms with van der Waals surface area (Å²) in [5.74, 6) is -1.45. The standard InChI is InChI=1S/C11H12Cl2N2O2/c1-2-5-14-10(16)11(17)15-9-6-7(12)3-4-8(9)13/h3-4,6H,2,5H2,1H3,(H,14,16)(H,15,17). The van der Waals surface area contributed by atoms with E-state index in [-0.39, 0.29) is 0 Å². The molecule has 92 valence electrons. The molecule has 0 aliphatic heterocycles. The highest BCUT2D eigenvalue weighted by Gasteiger charge is 2.14. The number of benzene rings is 1. The second-order valence-corrected chi connectivity index (χ2v) is 4.18. The lowest BCUT2D eigenvalue weighted by atomic mass is 10.3. The molecule has 1 aromatic rings. The molecule has 0 saturated carbocycles. The van der Waals surface area contributed by atoms with Gasteiger partial charge in [-0.2, -0.15) is 0 Å². The number of hydrogen-bond acceptors (Lipinski definition) is 2. The first-order valence-corrected chi connectivity index (χ1v) is 5.84. The Morgan fingerprint density at radius 1 is 1.24 bits per heavy atom. The van der Waals surface area contributed by atoms with Crippen molar-refractivity contribution >= 4 is 40.7 Å². The van der Waals surface area contributed by atoms with Crippen molar-refractivity contribution < 1.29 is 9.59 Å². The number of amides is 2. The lowest BCUT2D eigenvalue weighted by Crippen LogP contribution is -2.35. The minimum absolute atomic E-state index is 0.316. The number of carbonyl (C=O) groups is 2. The summed E-state index contributed by atoms with van der Waals surface area (Å²) in [5, 5.41) is 5.61. The predicted molar refractivity (Wildman–Crippen MR) is 68.4 cm³/mol. The van der Waals surface area contributed by atoms with Gasteiger partial charge in [0.05, 0.1) is 10.7 Å². The highest BCUT2D eigenvalue weighted by atomic mass is 35.5. The molecule has 0 spiro atoms. The SMILES string of the molecule is CCCNC(=O)C(=O)Nc1cc(Cl)ccc1Cl. The molecule has 17 heavy (non-hydrogen) atoms. The van der Waals surface area contributed by atoms with Crippen LogP contribution in [0.2, 0.25) is 10.0 Å². The largest absolute Gasteiger partial charge is 0.348 e. The van der Waals surface area contributed by atoms with Gasteiger partial charge in [-0.1, -0.05) is 30.1 Å². The third-order valence-corrected chi connectivity index (χ3v) is 2.48. The molecule has 0 heterocycles. The van der Waals surface area contributed by atoms with E-state index in [0.29, 0.717) is 22.3 Å². The molecule has 2 amide bonds. The number of hydrogen-bond donors (Lipinski definition) is 2. The maximum absolute atomic E-state index is 11.5. The normalized spacial score (nSPS) is 9.82. The van der Waals surface area contributed by atoms with Crippen molar-refractivity contribution in [1.82, 2.24) is 5.32 Å². The van der Waals surface area contributed by atoms with E-state index in [9.17, 15) is 9.59 Å². The highest BCUT2D eigenvalue weighted by molar-refractivity contribution is 6.42. The summed E-state index contributed by atoms with van der Waals surface area (Å²) in [6.07, 6.45) is 0.761. The molecule has 0 bridgehead atoms. The van der Waals surface area contributed by atoms with Crippen molar-refractivity contribution in [3.8, 4) is 0 Å². The van der Waals surface area contributed by atoms with Crippen molar-refractivity contribution in [2.24, 2.45) is 0 Å². The topological polar surface area (TPSA) is 58.2 Å². The second-order valence-electron chi connectivity index (χ2n) is 3.33. The molecular weight excluding hydrogens is 263 g/mol. The predicted octanol–water partition coefficient (Wildman–Crippen LogP) is 2.46. The number of rotatable bonds is 3. The molecule has 2 N–H and O–H groups in total. The first kappa shape index (κ1) is 13.8. The fraction of sp³-hybridized carbons (Fsp3) is 0.273. The third kappa shape index (κ3) is 4.24. The molecule has 0 fully saturated rings. The lowest BCUT2D eigenvalue weighted by molar-refractivity contribution is -0.136. The maximum Gasteiger partial charge on any atom is 0.313 e. The number of carbonyl (C=O) groups excluding carboxylic acids is 2. The Labute approximate surface area is 109 Å². The summed E-state index contributed by atoms with van der Waals surface area (Å²) < 4.78 is 0. The molecule has 1 aromatic carbocycles. The average Bonchev–Trinajstić information content (AvgIpc) is 2.30. The summed E-state index contributed by atoms with van der Waals surface area (Å²) in [6, 6.07) is 4.62. The molecule has 0 radical (unpaired) electrons. The van der Waals surface area contributed by atoms with E-state index < -0.39 is 11.8 Å². The van der Waals surface area contributed by atoms with Crippen LogP contribution in [0.25, 0.3) is 0 Å². The summed E-state index contributed by atoms with van der Waals surface area (Å²) >= 11 is 11.6. The van der Waals surface area contributed by atoms with Crippen LogP contribution in [0.3, 0.4) is 0 Å². The Balaban J connectivity index is 2.67. The van der Waals surface area contributed by atoms with Crippen LogP contribution in [0.1, 0.15) is 13.3 Å². The van der Waals surface area contributed by atoms with Gasteiger partial charge in [0.25, 0.3) is 0 Å². The Hall–Kier alpha value is -1.26. The number of nitrogens with one attached hydrogen (secondary N) is 2. The van der Waals surface area contributed by atoms with Gasteiger partial charge >= 0.3 is 11.8 Å². The molecule has 0 aliphatic rings. The molecule has 0 atom stereocenters. The van der Waals surface area contributed by atoms with Crippen molar-refractivity contribution in [1.29, 1.82) is 0 Å². The molecule has 6 heteroatoms. The zero-order valence-corrected chi connectivity index (χ0v) is 10.7. The van der Waals surface area contributed by atoms with E-state index in [1.54, 1.807) is 12.1 Å². The molecule has 0 saturated heterocycles. The van der Waals surface area contributed by atoms with Crippen LogP contribution in [0.5, 0.6) is 0 Å². The third-order valence-electron chi connectivity index (χ3n) is 1.92. The Morgan fingerprint density at radius 3 is 2.59 bits per heavy atom. The minimum Gasteiger partial charge on any atom is -0.348 e. The van der Waals surface area contributed by atoms with Gasteiger partial charge in [0.1, 0.15) is 0 Å². The van der Waals surface area contributed by atoms with Crippen LogP contribution < -0.4 is 10.6 Å². The van der Waals surface area contributed by atoms with E-state index in [4.69, 9.17) is 23.2 Å². The summed E-state index contributed by atoms with van der Waals surface area (Å²) in [4.78, 5) is 22.8. The van der Waals surface area contributed by atoms with Gasteiger partial charge < -0.3 is 10.6 Å². The van der Waals surface area contributed by atoms with E-state index in [1.807, 2.05) is 6.92 Å². The van der Waals surface area contributed by atoms with E-state index >= 15 is 0 Å². The van der Waals surface area contributed by atoms with Crippen LogP contribution in [0.15, 0.2) is 18.2 Å². The quantitative estimate of drug-likeness (QED) is 0.832. The van der Waals surface area contributed by atoms with Gasteiger partial charge in [-0.25, -0.2) is 0 Å². The minimum atomic E-state index is -0.761. The fourth-order valence-corrected chi connectivity index (χ4v) is 1.43. The molecule has 0 aliphatic carbocycles. The van der Waals surface area contributed by atoms with Gasteiger partial charge in [-0.3, -0.25) is 9.59 Å². The Kier molecular flexibility index (Phi) is 5.25. The van der Waals surface area contributed by atoms with Crippen LogP contribution >= 0.6 is 23.2 Å².